The number of benzene rings is 2. The van der Waals surface area contributed by atoms with E-state index in [2.05, 4.69) is 29.1 Å². The summed E-state index contributed by atoms with van der Waals surface area (Å²) in [6.07, 6.45) is 3.88. The van der Waals surface area contributed by atoms with Crippen molar-refractivity contribution in [3.05, 3.63) is 79.9 Å². The third kappa shape index (κ3) is 4.89. The predicted octanol–water partition coefficient (Wildman–Crippen LogP) is 3.89. The first-order chi connectivity index (χ1) is 19.8. The van der Waals surface area contributed by atoms with Gasteiger partial charge in [0.2, 0.25) is 11.8 Å². The number of ether oxygens (including phenoxy) is 1. The minimum absolute atomic E-state index is 0.00613. The van der Waals surface area contributed by atoms with Crippen molar-refractivity contribution in [1.29, 1.82) is 0 Å². The summed E-state index contributed by atoms with van der Waals surface area (Å²) in [7, 11) is 1.58. The topological polar surface area (TPSA) is 90.4 Å². The summed E-state index contributed by atoms with van der Waals surface area (Å²) in [5.41, 5.74) is 1.38. The average Bonchev–Trinajstić information content (AvgIpc) is 3.58. The average molecular weight is 641 g/mol. The highest BCUT2D eigenvalue weighted by atomic mass is 79.9. The first kappa shape index (κ1) is 29.4. The Morgan fingerprint density at radius 3 is 2.27 bits per heavy atom. The van der Waals surface area contributed by atoms with Crippen molar-refractivity contribution < 1.29 is 24.2 Å². The molecule has 5 rings (SSSR count). The standard InChI is InChI=1S/C31H34BrN3O5S/c1-4-15-33(20-9-7-6-8-10-20)28(37)24-25-29(38)35(17-18-36)27(31(25)19-23(32)26(24)41-31)30(39)34(16-5-2)21-11-13-22(40-3)14-12-21/h4-14,23-27,36H,1-2,15-19H2,3H3/t23?,24-,25-,26-,27?,31?/m0/s1. The molecule has 41 heavy (non-hydrogen) atoms. The number of hydrogen-bond donors (Lipinski definition) is 1. The van der Waals surface area contributed by atoms with E-state index in [1.54, 1.807) is 65.1 Å². The number of halogens is 1. The summed E-state index contributed by atoms with van der Waals surface area (Å²) in [4.78, 5) is 47.8. The number of anilines is 2. The third-order valence-corrected chi connectivity index (χ3v) is 11.5. The first-order valence-electron chi connectivity index (χ1n) is 13.6. The SMILES string of the molecule is C=CCN(C(=O)C1N(CCO)C(=O)[C@@H]2[C@H](C(=O)N(CC=C)c3ccccc3)[C@H]3SC12CC3Br)c1ccc(OC)cc1. The highest BCUT2D eigenvalue weighted by Gasteiger charge is 2.76. The molecule has 2 aromatic rings. The van der Waals surface area contributed by atoms with Gasteiger partial charge in [-0.25, -0.2) is 0 Å². The molecule has 3 amide bonds. The van der Waals surface area contributed by atoms with E-state index in [4.69, 9.17) is 4.74 Å². The summed E-state index contributed by atoms with van der Waals surface area (Å²) in [5.74, 6) is -1.35. The van der Waals surface area contributed by atoms with Crippen LogP contribution in [-0.2, 0) is 14.4 Å². The lowest BCUT2D eigenvalue weighted by Crippen LogP contribution is -2.56. The second kappa shape index (κ2) is 12.0. The largest absolute Gasteiger partial charge is 0.497 e. The maximum Gasteiger partial charge on any atom is 0.251 e. The zero-order valence-electron chi connectivity index (χ0n) is 22.9. The van der Waals surface area contributed by atoms with Gasteiger partial charge in [-0.1, -0.05) is 46.3 Å². The third-order valence-electron chi connectivity index (χ3n) is 8.26. The summed E-state index contributed by atoms with van der Waals surface area (Å²) in [5, 5.41) is 9.79. The summed E-state index contributed by atoms with van der Waals surface area (Å²) in [6, 6.07) is 15.7. The molecule has 3 unspecified atom stereocenters. The minimum Gasteiger partial charge on any atom is -0.497 e. The van der Waals surface area contributed by atoms with Gasteiger partial charge in [-0.05, 0) is 42.8 Å². The van der Waals surface area contributed by atoms with Crippen LogP contribution in [0.15, 0.2) is 79.9 Å². The lowest BCUT2D eigenvalue weighted by molar-refractivity contribution is -0.139. The molecule has 1 N–H and O–H groups in total. The monoisotopic (exact) mass is 639 g/mol. The second-order valence-corrected chi connectivity index (χ2v) is 13.1. The zero-order valence-corrected chi connectivity index (χ0v) is 25.3. The summed E-state index contributed by atoms with van der Waals surface area (Å²) >= 11 is 5.39. The predicted molar refractivity (Wildman–Crippen MR) is 166 cm³/mol. The van der Waals surface area contributed by atoms with Gasteiger partial charge in [0.05, 0.1) is 30.3 Å². The minimum atomic E-state index is -0.855. The molecule has 0 aliphatic carbocycles. The van der Waals surface area contributed by atoms with Crippen LogP contribution in [-0.4, -0.2) is 81.9 Å². The molecule has 6 atom stereocenters. The number of carbonyl (C=O) groups is 3. The number of carbonyl (C=O) groups excluding carboxylic acids is 3. The normalized spacial score (nSPS) is 27.8. The Bertz CT molecular complexity index is 1320. The van der Waals surface area contributed by atoms with Gasteiger partial charge in [-0.2, -0.15) is 0 Å². The molecule has 8 nitrogen and oxygen atoms in total. The molecule has 0 aromatic heterocycles. The molecule has 3 aliphatic rings. The first-order valence-corrected chi connectivity index (χ1v) is 15.4. The maximum atomic E-state index is 14.5. The van der Waals surface area contributed by atoms with Crippen LogP contribution >= 0.6 is 27.7 Å². The van der Waals surface area contributed by atoms with Crippen LogP contribution in [0.2, 0.25) is 0 Å². The Hall–Kier alpha value is -3.08. The quantitative estimate of drug-likeness (QED) is 0.296. The molecule has 3 saturated heterocycles. The molecule has 2 bridgehead atoms. The molecule has 10 heteroatoms. The lowest BCUT2D eigenvalue weighted by atomic mass is 9.70. The van der Waals surface area contributed by atoms with Crippen molar-refractivity contribution in [3.63, 3.8) is 0 Å². The molecule has 0 saturated carbocycles. The van der Waals surface area contributed by atoms with Crippen LogP contribution in [0.5, 0.6) is 5.75 Å². The molecule has 3 aliphatic heterocycles. The molecule has 3 fully saturated rings. The number of aliphatic hydroxyl groups is 1. The van der Waals surface area contributed by atoms with Crippen LogP contribution in [0.4, 0.5) is 11.4 Å². The number of β-amino-alcohol motifs (C(OH)–C–C–N with tert-alkyl or cyclic N) is 1. The van der Waals surface area contributed by atoms with Crippen molar-refractivity contribution in [2.45, 2.75) is 27.3 Å². The number of fused-ring (bicyclic) bond motifs is 1. The van der Waals surface area contributed by atoms with Crippen LogP contribution in [0.25, 0.3) is 0 Å². The number of alkyl halides is 1. The van der Waals surface area contributed by atoms with Gasteiger partial charge >= 0.3 is 0 Å². The van der Waals surface area contributed by atoms with Crippen molar-refractivity contribution in [2.75, 3.05) is 43.2 Å². The van der Waals surface area contributed by atoms with Crippen molar-refractivity contribution >= 4 is 56.8 Å². The van der Waals surface area contributed by atoms with E-state index in [1.807, 2.05) is 30.3 Å². The Morgan fingerprint density at radius 2 is 1.68 bits per heavy atom. The van der Waals surface area contributed by atoms with E-state index in [0.717, 1.165) is 5.69 Å². The summed E-state index contributed by atoms with van der Waals surface area (Å²) in [6.45, 7) is 7.95. The van der Waals surface area contributed by atoms with Gasteiger partial charge < -0.3 is 24.5 Å². The number of para-hydroxylation sites is 1. The number of nitrogens with zero attached hydrogens (tertiary/aromatic N) is 3. The fourth-order valence-electron chi connectivity index (χ4n) is 6.64. The Balaban J connectivity index is 1.56. The van der Waals surface area contributed by atoms with E-state index >= 15 is 0 Å². The number of thioether (sulfide) groups is 1. The van der Waals surface area contributed by atoms with Crippen LogP contribution in [0.1, 0.15) is 6.42 Å². The fraction of sp³-hybridized carbons (Fsp3) is 0.387. The number of methoxy groups -OCH3 is 1. The van der Waals surface area contributed by atoms with E-state index in [-0.39, 0.29) is 47.5 Å². The van der Waals surface area contributed by atoms with Gasteiger partial charge in [0.1, 0.15) is 11.8 Å². The lowest BCUT2D eigenvalue weighted by Gasteiger charge is -2.38. The van der Waals surface area contributed by atoms with E-state index in [1.165, 1.54) is 4.90 Å². The molecular weight excluding hydrogens is 606 g/mol. The van der Waals surface area contributed by atoms with Crippen molar-refractivity contribution in [2.24, 2.45) is 11.8 Å². The Labute approximate surface area is 253 Å². The molecule has 3 heterocycles. The van der Waals surface area contributed by atoms with Gasteiger partial charge in [0.15, 0.2) is 0 Å². The number of aliphatic hydroxyl groups excluding tert-OH is 1. The highest BCUT2D eigenvalue weighted by molar-refractivity contribution is 9.09. The smallest absolute Gasteiger partial charge is 0.251 e. The van der Waals surface area contributed by atoms with Crippen LogP contribution < -0.4 is 14.5 Å². The van der Waals surface area contributed by atoms with Gasteiger partial charge in [0, 0.05) is 41.1 Å². The molecule has 216 valence electrons. The van der Waals surface area contributed by atoms with Crippen LogP contribution in [0, 0.1) is 11.8 Å². The Kier molecular flexibility index (Phi) is 8.63. The maximum absolute atomic E-state index is 14.5. The van der Waals surface area contributed by atoms with Crippen LogP contribution in [0.3, 0.4) is 0 Å². The number of likely N-dealkylation sites (tertiary alicyclic amines) is 1. The van der Waals surface area contributed by atoms with Gasteiger partial charge in [0.25, 0.3) is 5.91 Å². The number of hydrogen-bond acceptors (Lipinski definition) is 6. The number of rotatable bonds is 11. The number of amides is 3. The van der Waals surface area contributed by atoms with Gasteiger partial charge in [-0.3, -0.25) is 14.4 Å². The molecule has 1 spiro atoms. The highest BCUT2D eigenvalue weighted by Crippen LogP contribution is 2.68. The Morgan fingerprint density at radius 1 is 1.07 bits per heavy atom. The molecule has 2 aromatic carbocycles. The fourth-order valence-corrected chi connectivity index (χ4v) is 10.2. The van der Waals surface area contributed by atoms with Crippen molar-refractivity contribution in [1.82, 2.24) is 4.90 Å². The molecule has 0 radical (unpaired) electrons. The van der Waals surface area contributed by atoms with E-state index < -0.39 is 22.6 Å². The summed E-state index contributed by atoms with van der Waals surface area (Å²) < 4.78 is 4.46. The van der Waals surface area contributed by atoms with E-state index in [9.17, 15) is 19.5 Å². The van der Waals surface area contributed by atoms with E-state index in [0.29, 0.717) is 24.4 Å². The zero-order chi connectivity index (χ0) is 29.3. The van der Waals surface area contributed by atoms with Gasteiger partial charge in [-0.15, -0.1) is 24.9 Å². The van der Waals surface area contributed by atoms with Crippen molar-refractivity contribution in [3.8, 4) is 5.75 Å². The molecular formula is C31H34BrN3O5S. The second-order valence-electron chi connectivity index (χ2n) is 10.4.